The number of nitrogens with one attached hydrogen (secondary N) is 2. The Morgan fingerprint density at radius 1 is 1.47 bits per heavy atom. The van der Waals surface area contributed by atoms with E-state index in [-0.39, 0.29) is 6.04 Å². The third-order valence-corrected chi connectivity index (χ3v) is 4.79. The summed E-state index contributed by atoms with van der Waals surface area (Å²) >= 11 is 0. The lowest BCUT2D eigenvalue weighted by Crippen LogP contribution is -2.36. The topological polar surface area (TPSA) is 67.4 Å². The first-order valence-corrected chi connectivity index (χ1v) is 7.90. The van der Waals surface area contributed by atoms with E-state index in [9.17, 15) is 8.42 Å². The van der Waals surface area contributed by atoms with Crippen molar-refractivity contribution in [2.75, 3.05) is 25.6 Å². The molecule has 106 valence electrons. The van der Waals surface area contributed by atoms with Crippen LogP contribution in [-0.4, -0.2) is 34.7 Å². The number of sulfonamides is 1. The Bertz CT molecular complexity index is 543. The summed E-state index contributed by atoms with van der Waals surface area (Å²) in [7, 11) is -1.94. The van der Waals surface area contributed by atoms with Crippen molar-refractivity contribution in [2.45, 2.75) is 30.7 Å². The molecule has 1 aliphatic heterocycles. The summed E-state index contributed by atoms with van der Waals surface area (Å²) in [4.78, 5) is 0.375. The van der Waals surface area contributed by atoms with E-state index < -0.39 is 10.0 Å². The number of hydrogen-bond donors (Lipinski definition) is 2. The Balaban J connectivity index is 2.30. The SMILES string of the molecule is COCC(C)NS(=O)(=O)c1cccc2c1CCCN2. The molecule has 1 aliphatic rings. The minimum absolute atomic E-state index is 0.248. The molecular weight excluding hydrogens is 264 g/mol. The molecule has 1 aromatic rings. The highest BCUT2D eigenvalue weighted by molar-refractivity contribution is 7.89. The second-order valence-electron chi connectivity index (χ2n) is 4.79. The van der Waals surface area contributed by atoms with E-state index in [0.29, 0.717) is 11.5 Å². The zero-order chi connectivity index (χ0) is 13.9. The normalized spacial score (nSPS) is 16.5. The second kappa shape index (κ2) is 5.90. The van der Waals surface area contributed by atoms with E-state index in [1.165, 1.54) is 0 Å². The quantitative estimate of drug-likeness (QED) is 0.856. The lowest BCUT2D eigenvalue weighted by atomic mass is 10.0. The summed E-state index contributed by atoms with van der Waals surface area (Å²) in [6.45, 7) is 3.03. The van der Waals surface area contributed by atoms with Crippen molar-refractivity contribution in [2.24, 2.45) is 0 Å². The van der Waals surface area contributed by atoms with Gasteiger partial charge in [-0.05, 0) is 37.5 Å². The Hall–Kier alpha value is -1.11. The van der Waals surface area contributed by atoms with Gasteiger partial charge in [0.25, 0.3) is 0 Å². The molecule has 5 nitrogen and oxygen atoms in total. The largest absolute Gasteiger partial charge is 0.385 e. The fourth-order valence-electron chi connectivity index (χ4n) is 2.34. The van der Waals surface area contributed by atoms with Crippen LogP contribution < -0.4 is 10.0 Å². The van der Waals surface area contributed by atoms with Crippen LogP contribution in [0.4, 0.5) is 5.69 Å². The van der Waals surface area contributed by atoms with E-state index in [4.69, 9.17) is 4.74 Å². The van der Waals surface area contributed by atoms with Crippen LogP contribution in [0, 0.1) is 0 Å². The van der Waals surface area contributed by atoms with Crippen LogP contribution in [0.25, 0.3) is 0 Å². The Kier molecular flexibility index (Phi) is 4.44. The highest BCUT2D eigenvalue weighted by Crippen LogP contribution is 2.28. The van der Waals surface area contributed by atoms with Gasteiger partial charge in [-0.2, -0.15) is 0 Å². The predicted molar refractivity (Wildman–Crippen MR) is 74.9 cm³/mol. The molecule has 0 aliphatic carbocycles. The molecule has 2 N–H and O–H groups in total. The molecule has 19 heavy (non-hydrogen) atoms. The summed E-state index contributed by atoms with van der Waals surface area (Å²) in [6.07, 6.45) is 1.74. The van der Waals surface area contributed by atoms with Gasteiger partial charge in [-0.25, -0.2) is 13.1 Å². The summed E-state index contributed by atoms with van der Waals surface area (Å²) in [5.41, 5.74) is 1.80. The van der Waals surface area contributed by atoms with E-state index in [0.717, 1.165) is 30.6 Å². The molecule has 0 saturated heterocycles. The number of anilines is 1. The molecule has 1 atom stereocenters. The zero-order valence-electron chi connectivity index (χ0n) is 11.3. The Labute approximate surface area is 114 Å². The molecule has 0 aromatic heterocycles. The molecule has 1 unspecified atom stereocenters. The van der Waals surface area contributed by atoms with E-state index in [2.05, 4.69) is 10.0 Å². The van der Waals surface area contributed by atoms with E-state index >= 15 is 0 Å². The van der Waals surface area contributed by atoms with Crippen molar-refractivity contribution in [3.63, 3.8) is 0 Å². The third kappa shape index (κ3) is 3.26. The summed E-state index contributed by atoms with van der Waals surface area (Å²) in [6, 6.07) is 5.11. The van der Waals surface area contributed by atoms with Crippen LogP contribution in [0.15, 0.2) is 23.1 Å². The van der Waals surface area contributed by atoms with E-state index in [1.54, 1.807) is 26.2 Å². The summed E-state index contributed by atoms with van der Waals surface area (Å²) in [5.74, 6) is 0. The van der Waals surface area contributed by atoms with Gasteiger partial charge in [0.05, 0.1) is 11.5 Å². The Morgan fingerprint density at radius 2 is 2.26 bits per heavy atom. The number of benzene rings is 1. The van der Waals surface area contributed by atoms with Crippen molar-refractivity contribution in [1.82, 2.24) is 4.72 Å². The van der Waals surface area contributed by atoms with Gasteiger partial charge < -0.3 is 10.1 Å². The maximum Gasteiger partial charge on any atom is 0.241 e. The lowest BCUT2D eigenvalue weighted by Gasteiger charge is -2.22. The van der Waals surface area contributed by atoms with Gasteiger partial charge in [-0.3, -0.25) is 0 Å². The number of rotatable bonds is 5. The smallest absolute Gasteiger partial charge is 0.241 e. The van der Waals surface area contributed by atoms with Crippen LogP contribution in [0.3, 0.4) is 0 Å². The van der Waals surface area contributed by atoms with Crippen molar-refractivity contribution >= 4 is 15.7 Å². The number of fused-ring (bicyclic) bond motifs is 1. The third-order valence-electron chi connectivity index (χ3n) is 3.11. The molecule has 1 heterocycles. The molecule has 0 amide bonds. The minimum atomic E-state index is -3.49. The van der Waals surface area contributed by atoms with Crippen molar-refractivity contribution in [3.8, 4) is 0 Å². The summed E-state index contributed by atoms with van der Waals surface area (Å²) in [5, 5.41) is 3.24. The first-order chi connectivity index (χ1) is 9.04. The molecule has 0 fully saturated rings. The first kappa shape index (κ1) is 14.3. The maximum atomic E-state index is 12.4. The van der Waals surface area contributed by atoms with Gasteiger partial charge in [0.1, 0.15) is 0 Å². The van der Waals surface area contributed by atoms with E-state index in [1.807, 2.05) is 6.07 Å². The summed E-state index contributed by atoms with van der Waals surface area (Å²) < 4.78 is 32.4. The predicted octanol–water partition coefficient (Wildman–Crippen LogP) is 1.36. The van der Waals surface area contributed by atoms with Crippen LogP contribution in [0.1, 0.15) is 18.9 Å². The molecule has 0 saturated carbocycles. The van der Waals surface area contributed by atoms with Crippen molar-refractivity contribution < 1.29 is 13.2 Å². The molecule has 0 bridgehead atoms. The molecule has 0 radical (unpaired) electrons. The molecule has 0 spiro atoms. The zero-order valence-corrected chi connectivity index (χ0v) is 12.1. The number of ether oxygens (including phenoxy) is 1. The molecular formula is C13H20N2O3S. The van der Waals surface area contributed by atoms with Crippen LogP contribution >= 0.6 is 0 Å². The molecule has 6 heteroatoms. The van der Waals surface area contributed by atoms with Crippen molar-refractivity contribution in [3.05, 3.63) is 23.8 Å². The van der Waals surface area contributed by atoms with Gasteiger partial charge in [-0.15, -0.1) is 0 Å². The van der Waals surface area contributed by atoms with Crippen LogP contribution in [0.5, 0.6) is 0 Å². The highest BCUT2D eigenvalue weighted by atomic mass is 32.2. The number of methoxy groups -OCH3 is 1. The van der Waals surface area contributed by atoms with Crippen LogP contribution in [0.2, 0.25) is 0 Å². The van der Waals surface area contributed by atoms with Gasteiger partial charge in [0, 0.05) is 25.4 Å². The highest BCUT2D eigenvalue weighted by Gasteiger charge is 2.23. The molecule has 1 aromatic carbocycles. The Morgan fingerprint density at radius 3 is 3.00 bits per heavy atom. The van der Waals surface area contributed by atoms with Crippen LogP contribution in [-0.2, 0) is 21.2 Å². The van der Waals surface area contributed by atoms with Gasteiger partial charge >= 0.3 is 0 Å². The van der Waals surface area contributed by atoms with Gasteiger partial charge in [-0.1, -0.05) is 6.07 Å². The minimum Gasteiger partial charge on any atom is -0.385 e. The monoisotopic (exact) mass is 284 g/mol. The molecule has 2 rings (SSSR count). The average Bonchev–Trinajstić information content (AvgIpc) is 2.37. The first-order valence-electron chi connectivity index (χ1n) is 6.41. The van der Waals surface area contributed by atoms with Gasteiger partial charge in [0.15, 0.2) is 0 Å². The lowest BCUT2D eigenvalue weighted by molar-refractivity contribution is 0.180. The number of hydrogen-bond acceptors (Lipinski definition) is 4. The second-order valence-corrected chi connectivity index (χ2v) is 6.47. The average molecular weight is 284 g/mol. The fourth-order valence-corrected chi connectivity index (χ4v) is 3.86. The maximum absolute atomic E-state index is 12.4. The fraction of sp³-hybridized carbons (Fsp3) is 0.538. The van der Waals surface area contributed by atoms with Crippen molar-refractivity contribution in [1.29, 1.82) is 0 Å². The van der Waals surface area contributed by atoms with Gasteiger partial charge in [0.2, 0.25) is 10.0 Å². The standard InChI is InChI=1S/C13H20N2O3S/c1-10(9-18-2)15-19(16,17)13-7-3-6-12-11(13)5-4-8-14-12/h3,6-7,10,14-15H,4-5,8-9H2,1-2H3.